The molecule has 0 amide bonds. The normalized spacial score (nSPS) is 16.5. The molecule has 1 aromatic carbocycles. The number of hydrogen-bond acceptors (Lipinski definition) is 3. The predicted octanol–water partition coefficient (Wildman–Crippen LogP) is 1.77. The van der Waals surface area contributed by atoms with E-state index in [-0.39, 0.29) is 5.84 Å². The molecule has 0 aliphatic heterocycles. The smallest absolute Gasteiger partial charge is 0.170 e. The van der Waals surface area contributed by atoms with Crippen molar-refractivity contribution in [2.24, 2.45) is 10.9 Å². The molecule has 1 aliphatic rings. The molecular formula is C13H19N3O. The third kappa shape index (κ3) is 2.97. The first-order valence-corrected chi connectivity index (χ1v) is 6.05. The lowest BCUT2D eigenvalue weighted by atomic mass is 10.1. The summed E-state index contributed by atoms with van der Waals surface area (Å²) in [6, 6.07) is 8.65. The van der Waals surface area contributed by atoms with E-state index in [1.54, 1.807) is 0 Å². The van der Waals surface area contributed by atoms with Crippen molar-refractivity contribution in [3.8, 4) is 0 Å². The fourth-order valence-electron chi connectivity index (χ4n) is 2.01. The van der Waals surface area contributed by atoms with E-state index in [9.17, 15) is 0 Å². The van der Waals surface area contributed by atoms with Crippen molar-refractivity contribution in [2.45, 2.75) is 32.4 Å². The first-order chi connectivity index (χ1) is 8.24. The molecule has 17 heavy (non-hydrogen) atoms. The molecule has 0 heterocycles. The van der Waals surface area contributed by atoms with Crippen LogP contribution in [-0.4, -0.2) is 28.5 Å². The Bertz CT molecular complexity index is 396. The van der Waals surface area contributed by atoms with E-state index in [0.717, 1.165) is 24.7 Å². The number of nitrogens with zero attached hydrogens (tertiary/aromatic N) is 2. The summed E-state index contributed by atoms with van der Waals surface area (Å²) in [6.45, 7) is 4.27. The first kappa shape index (κ1) is 11.9. The lowest BCUT2D eigenvalue weighted by Gasteiger charge is -2.19. The van der Waals surface area contributed by atoms with Crippen LogP contribution in [0.2, 0.25) is 0 Å². The van der Waals surface area contributed by atoms with E-state index >= 15 is 0 Å². The van der Waals surface area contributed by atoms with Crippen molar-refractivity contribution in [1.29, 1.82) is 0 Å². The largest absolute Gasteiger partial charge is 0.409 e. The van der Waals surface area contributed by atoms with E-state index in [1.165, 1.54) is 18.4 Å². The third-order valence-electron chi connectivity index (χ3n) is 3.21. The minimum Gasteiger partial charge on any atom is -0.409 e. The summed E-state index contributed by atoms with van der Waals surface area (Å²) in [5.41, 5.74) is 7.55. The first-order valence-electron chi connectivity index (χ1n) is 6.05. The van der Waals surface area contributed by atoms with Gasteiger partial charge in [0.25, 0.3) is 0 Å². The summed E-state index contributed by atoms with van der Waals surface area (Å²) in [5.74, 6) is 0.158. The van der Waals surface area contributed by atoms with Gasteiger partial charge >= 0.3 is 0 Å². The van der Waals surface area contributed by atoms with Crippen LogP contribution in [0.1, 0.15) is 30.9 Å². The van der Waals surface area contributed by atoms with Gasteiger partial charge in [0.05, 0.1) is 0 Å². The lowest BCUT2D eigenvalue weighted by Crippen LogP contribution is -2.25. The van der Waals surface area contributed by atoms with Gasteiger partial charge in [0.1, 0.15) is 0 Å². The van der Waals surface area contributed by atoms with Gasteiger partial charge in [-0.05, 0) is 24.9 Å². The molecule has 0 bridgehead atoms. The Hall–Kier alpha value is -1.55. The van der Waals surface area contributed by atoms with Gasteiger partial charge in [-0.1, -0.05) is 36.3 Å². The van der Waals surface area contributed by atoms with Gasteiger partial charge in [-0.15, -0.1) is 0 Å². The van der Waals surface area contributed by atoms with E-state index < -0.39 is 0 Å². The van der Waals surface area contributed by atoms with Crippen molar-refractivity contribution in [3.05, 3.63) is 35.4 Å². The molecule has 1 fully saturated rings. The number of benzene rings is 1. The predicted molar refractivity (Wildman–Crippen MR) is 68.1 cm³/mol. The Labute approximate surface area is 102 Å². The van der Waals surface area contributed by atoms with Crippen molar-refractivity contribution in [2.75, 3.05) is 6.54 Å². The summed E-state index contributed by atoms with van der Waals surface area (Å²) in [6.07, 6.45) is 2.66. The Balaban J connectivity index is 2.02. The van der Waals surface area contributed by atoms with Crippen molar-refractivity contribution >= 4 is 5.84 Å². The van der Waals surface area contributed by atoms with Gasteiger partial charge in [-0.25, -0.2) is 0 Å². The summed E-state index contributed by atoms with van der Waals surface area (Å²) in [5, 5.41) is 11.6. The average molecular weight is 233 g/mol. The number of nitrogens with two attached hydrogens (primary N) is 1. The molecule has 0 unspecified atom stereocenters. The van der Waals surface area contributed by atoms with Crippen LogP contribution in [0.25, 0.3) is 0 Å². The highest BCUT2D eigenvalue weighted by Crippen LogP contribution is 2.27. The van der Waals surface area contributed by atoms with Gasteiger partial charge in [-0.2, -0.15) is 0 Å². The third-order valence-corrected chi connectivity index (χ3v) is 3.21. The lowest BCUT2D eigenvalue weighted by molar-refractivity contribution is 0.269. The maximum absolute atomic E-state index is 8.58. The Kier molecular flexibility index (Phi) is 3.64. The van der Waals surface area contributed by atoms with Crippen LogP contribution in [0.4, 0.5) is 0 Å². The highest BCUT2D eigenvalue weighted by atomic mass is 16.4. The van der Waals surface area contributed by atoms with Crippen molar-refractivity contribution < 1.29 is 5.21 Å². The molecule has 4 heteroatoms. The molecule has 92 valence electrons. The summed E-state index contributed by atoms with van der Waals surface area (Å²) >= 11 is 0. The standard InChI is InChI=1S/C13H19N3O/c1-2-16(12-7-8-12)9-10-3-5-11(6-4-10)13(14)15-17/h3-6,12,17H,2,7-9H2,1H3,(H2,14,15). The SMILES string of the molecule is CCN(Cc1ccc(/C(N)=N/O)cc1)C1CC1. The highest BCUT2D eigenvalue weighted by Gasteiger charge is 2.27. The van der Waals surface area contributed by atoms with Crippen LogP contribution in [-0.2, 0) is 6.54 Å². The highest BCUT2D eigenvalue weighted by molar-refractivity contribution is 5.96. The van der Waals surface area contributed by atoms with Gasteiger partial charge in [0, 0.05) is 18.2 Å². The molecule has 3 N–H and O–H groups in total. The molecule has 4 nitrogen and oxygen atoms in total. The van der Waals surface area contributed by atoms with Crippen LogP contribution < -0.4 is 5.73 Å². The zero-order valence-electron chi connectivity index (χ0n) is 10.1. The second-order valence-corrected chi connectivity index (χ2v) is 4.48. The van der Waals surface area contributed by atoms with Crippen LogP contribution in [0.15, 0.2) is 29.4 Å². The van der Waals surface area contributed by atoms with Gasteiger partial charge in [-0.3, -0.25) is 4.90 Å². The molecule has 0 spiro atoms. The van der Waals surface area contributed by atoms with Gasteiger partial charge in [0.15, 0.2) is 5.84 Å². The number of hydrogen-bond donors (Lipinski definition) is 2. The molecular weight excluding hydrogens is 214 g/mol. The van der Waals surface area contributed by atoms with Crippen LogP contribution in [0.5, 0.6) is 0 Å². The minimum absolute atomic E-state index is 0.158. The van der Waals surface area contributed by atoms with Gasteiger partial charge in [0.2, 0.25) is 0 Å². The summed E-state index contributed by atoms with van der Waals surface area (Å²) in [4.78, 5) is 2.48. The maximum Gasteiger partial charge on any atom is 0.170 e. The van der Waals surface area contributed by atoms with Crippen molar-refractivity contribution in [1.82, 2.24) is 4.90 Å². The summed E-state index contributed by atoms with van der Waals surface area (Å²) < 4.78 is 0. The fraction of sp³-hybridized carbons (Fsp3) is 0.462. The number of amidine groups is 1. The fourth-order valence-corrected chi connectivity index (χ4v) is 2.01. The molecule has 1 aliphatic carbocycles. The van der Waals surface area contributed by atoms with Gasteiger partial charge < -0.3 is 10.9 Å². The quantitative estimate of drug-likeness (QED) is 0.352. The van der Waals surface area contributed by atoms with E-state index in [2.05, 4.69) is 17.0 Å². The maximum atomic E-state index is 8.58. The molecule has 1 aromatic rings. The molecule has 2 rings (SSSR count). The Morgan fingerprint density at radius 2 is 2.06 bits per heavy atom. The Morgan fingerprint density at radius 3 is 2.53 bits per heavy atom. The second-order valence-electron chi connectivity index (χ2n) is 4.48. The van der Waals surface area contributed by atoms with E-state index in [4.69, 9.17) is 10.9 Å². The minimum atomic E-state index is 0.158. The molecule has 0 atom stereocenters. The zero-order chi connectivity index (χ0) is 12.3. The monoisotopic (exact) mass is 233 g/mol. The molecule has 0 aromatic heterocycles. The molecule has 0 radical (unpaired) electrons. The summed E-state index contributed by atoms with van der Waals surface area (Å²) in [7, 11) is 0. The average Bonchev–Trinajstić information content (AvgIpc) is 3.20. The number of oxime groups is 1. The zero-order valence-corrected chi connectivity index (χ0v) is 10.1. The topological polar surface area (TPSA) is 61.8 Å². The number of rotatable bonds is 5. The molecule has 1 saturated carbocycles. The van der Waals surface area contributed by atoms with Crippen molar-refractivity contribution in [3.63, 3.8) is 0 Å². The van der Waals surface area contributed by atoms with E-state index in [1.807, 2.05) is 24.3 Å². The van der Waals surface area contributed by atoms with Crippen LogP contribution in [0, 0.1) is 0 Å². The second kappa shape index (κ2) is 5.19. The van der Waals surface area contributed by atoms with E-state index in [0.29, 0.717) is 0 Å². The Morgan fingerprint density at radius 1 is 1.41 bits per heavy atom. The van der Waals surface area contributed by atoms with Crippen LogP contribution >= 0.6 is 0 Å². The molecule has 0 saturated heterocycles. The van der Waals surface area contributed by atoms with Crippen LogP contribution in [0.3, 0.4) is 0 Å².